The van der Waals surface area contributed by atoms with Gasteiger partial charge in [0.1, 0.15) is 17.4 Å². The Morgan fingerprint density at radius 2 is 1.84 bits per heavy atom. The van der Waals surface area contributed by atoms with E-state index in [1.165, 1.54) is 45.4 Å². The molecule has 3 aromatic heterocycles. The lowest BCUT2D eigenvalue weighted by Crippen LogP contribution is -2.37. The van der Waals surface area contributed by atoms with Gasteiger partial charge in [-0.25, -0.2) is 31.0 Å². The van der Waals surface area contributed by atoms with Crippen LogP contribution in [0.5, 0.6) is 11.5 Å². The number of imidazole rings is 1. The van der Waals surface area contributed by atoms with E-state index in [2.05, 4.69) is 27.2 Å². The van der Waals surface area contributed by atoms with Gasteiger partial charge < -0.3 is 14.8 Å². The number of aliphatic hydroxyl groups is 1. The summed E-state index contributed by atoms with van der Waals surface area (Å²) >= 11 is 0. The molecular formula is C31H29F2N5O4S. The molecule has 1 atom stereocenters. The fourth-order valence-corrected chi connectivity index (χ4v) is 7.03. The predicted octanol–water partition coefficient (Wildman–Crippen LogP) is 5.90. The third-order valence-corrected chi connectivity index (χ3v) is 9.63. The van der Waals surface area contributed by atoms with Gasteiger partial charge in [-0.15, -0.1) is 0 Å². The van der Waals surface area contributed by atoms with Gasteiger partial charge in [0.05, 0.1) is 11.8 Å². The van der Waals surface area contributed by atoms with Crippen molar-refractivity contribution in [3.8, 4) is 11.5 Å². The monoisotopic (exact) mass is 605 g/mol. The van der Waals surface area contributed by atoms with E-state index in [9.17, 15) is 17.9 Å². The van der Waals surface area contributed by atoms with Crippen LogP contribution >= 0.6 is 0 Å². The first-order valence-electron chi connectivity index (χ1n) is 13.9. The predicted molar refractivity (Wildman–Crippen MR) is 159 cm³/mol. The second-order valence-electron chi connectivity index (χ2n) is 11.2. The Kier molecular flexibility index (Phi) is 6.53. The lowest BCUT2D eigenvalue weighted by Gasteiger charge is -2.31. The van der Waals surface area contributed by atoms with E-state index >= 15 is 4.39 Å². The smallest absolute Gasteiger partial charge is 0.211 e. The Morgan fingerprint density at radius 3 is 2.58 bits per heavy atom. The molecule has 4 heterocycles. The molecule has 0 spiro atoms. The van der Waals surface area contributed by atoms with Crippen molar-refractivity contribution in [2.45, 2.75) is 31.8 Å². The highest BCUT2D eigenvalue weighted by Gasteiger charge is 2.27. The molecule has 1 fully saturated rings. The molecule has 0 radical (unpaired) electrons. The summed E-state index contributed by atoms with van der Waals surface area (Å²) in [6, 6.07) is 14.6. The van der Waals surface area contributed by atoms with E-state index in [0.717, 1.165) is 34.9 Å². The summed E-state index contributed by atoms with van der Waals surface area (Å²) in [6.07, 6.45) is 3.24. The molecular weight excluding hydrogens is 576 g/mol. The Labute approximate surface area is 245 Å². The van der Waals surface area contributed by atoms with Gasteiger partial charge in [0, 0.05) is 53.6 Å². The lowest BCUT2D eigenvalue weighted by atomic mass is 9.87. The maximum atomic E-state index is 15.2. The zero-order chi connectivity index (χ0) is 30.0. The van der Waals surface area contributed by atoms with E-state index in [0.29, 0.717) is 30.0 Å². The standard InChI is InChI=1S/C31H29F2N5O4S/c1-17-11-19-12-27(35-25(19)15-21(17)18-7-9-37(10-8-18)43(2,40)41)30(39)22-16-34-38-29-24(33)13-20(14-26(29)36-31(22)38)42-28-6-4-3-5-23(28)32/h3-6,11-16,18,30,34-35,39H,7-10H2,1-2H3. The Morgan fingerprint density at radius 1 is 1.07 bits per heavy atom. The van der Waals surface area contributed by atoms with Crippen LogP contribution in [-0.4, -0.2) is 56.8 Å². The first-order valence-corrected chi connectivity index (χ1v) is 15.8. The SMILES string of the molecule is Cc1cc2cc(C(O)c3c[nH]n4c3nc3cc(Oc5ccccc5F)cc(F)c34)[nH]c2cc1C1CCN(S(C)(=O)=O)CC1. The number of nitrogens with zero attached hydrogens (tertiary/aromatic N) is 3. The van der Waals surface area contributed by atoms with Crippen LogP contribution in [0.25, 0.3) is 27.6 Å². The number of aryl methyl sites for hydroxylation is 1. The summed E-state index contributed by atoms with van der Waals surface area (Å²) in [6.45, 7) is 3.04. The van der Waals surface area contributed by atoms with Gasteiger partial charge in [-0.1, -0.05) is 12.1 Å². The molecule has 3 N–H and O–H groups in total. The summed E-state index contributed by atoms with van der Waals surface area (Å²) in [7, 11) is -3.20. The Bertz CT molecular complexity index is 2130. The number of hydrogen-bond donors (Lipinski definition) is 3. The van der Waals surface area contributed by atoms with Crippen molar-refractivity contribution in [3.63, 3.8) is 0 Å². The zero-order valence-electron chi connectivity index (χ0n) is 23.4. The van der Waals surface area contributed by atoms with Crippen LogP contribution in [0.15, 0.2) is 60.8 Å². The highest BCUT2D eigenvalue weighted by Crippen LogP contribution is 2.36. The van der Waals surface area contributed by atoms with E-state index < -0.39 is 27.8 Å². The molecule has 1 unspecified atom stereocenters. The molecule has 0 aliphatic carbocycles. The van der Waals surface area contributed by atoms with Gasteiger partial charge in [-0.05, 0) is 67.1 Å². The van der Waals surface area contributed by atoms with Crippen molar-refractivity contribution < 1.29 is 27.0 Å². The van der Waals surface area contributed by atoms with Gasteiger partial charge in [0.15, 0.2) is 23.0 Å². The Hall–Kier alpha value is -4.26. The summed E-state index contributed by atoms with van der Waals surface area (Å²) in [5, 5.41) is 15.3. The van der Waals surface area contributed by atoms with Crippen LogP contribution in [0.4, 0.5) is 8.78 Å². The van der Waals surface area contributed by atoms with Crippen LogP contribution in [-0.2, 0) is 10.0 Å². The number of sulfonamides is 1. The fraction of sp³-hybridized carbons (Fsp3) is 0.258. The first kappa shape index (κ1) is 27.6. The number of nitrogens with one attached hydrogen (secondary N) is 2. The molecule has 1 aliphatic rings. The molecule has 1 saturated heterocycles. The molecule has 9 nitrogen and oxygen atoms in total. The van der Waals surface area contributed by atoms with Gasteiger partial charge in [0.25, 0.3) is 0 Å². The quantitative estimate of drug-likeness (QED) is 0.219. The molecule has 222 valence electrons. The van der Waals surface area contributed by atoms with Crippen LogP contribution in [0, 0.1) is 18.6 Å². The number of aliphatic hydroxyl groups excluding tert-OH is 1. The van der Waals surface area contributed by atoms with Gasteiger partial charge in [-0.3, -0.25) is 5.10 Å². The molecule has 43 heavy (non-hydrogen) atoms. The number of benzene rings is 3. The first-order chi connectivity index (χ1) is 20.6. The normalized spacial score (nSPS) is 16.0. The minimum atomic E-state index is -3.20. The van der Waals surface area contributed by atoms with Gasteiger partial charge in [0.2, 0.25) is 10.0 Å². The minimum absolute atomic E-state index is 0.0290. The number of H-pyrrole nitrogens is 2. The average molecular weight is 606 g/mol. The zero-order valence-corrected chi connectivity index (χ0v) is 24.3. The van der Waals surface area contributed by atoms with Crippen LogP contribution in [0.2, 0.25) is 0 Å². The Balaban J connectivity index is 1.19. The fourth-order valence-electron chi connectivity index (χ4n) is 6.16. The third kappa shape index (κ3) is 4.85. The van der Waals surface area contributed by atoms with Crippen molar-refractivity contribution in [2.24, 2.45) is 0 Å². The third-order valence-electron chi connectivity index (χ3n) is 8.33. The lowest BCUT2D eigenvalue weighted by molar-refractivity contribution is 0.217. The topological polar surface area (TPSA) is 116 Å². The maximum absolute atomic E-state index is 15.2. The maximum Gasteiger partial charge on any atom is 0.211 e. The number of ether oxygens (including phenoxy) is 1. The van der Waals surface area contributed by atoms with Crippen molar-refractivity contribution in [3.05, 3.63) is 94.8 Å². The number of fused-ring (bicyclic) bond motifs is 4. The minimum Gasteiger partial charge on any atom is -0.454 e. The summed E-state index contributed by atoms with van der Waals surface area (Å²) in [4.78, 5) is 7.91. The number of aromatic nitrogens is 4. The number of para-hydroxylation sites is 1. The molecule has 0 amide bonds. The number of rotatable bonds is 6. The largest absolute Gasteiger partial charge is 0.454 e. The molecule has 0 saturated carbocycles. The van der Waals surface area contributed by atoms with Crippen LogP contribution in [0.1, 0.15) is 47.2 Å². The van der Waals surface area contributed by atoms with E-state index in [4.69, 9.17) is 4.74 Å². The summed E-state index contributed by atoms with van der Waals surface area (Å²) < 4.78 is 61.7. The molecule has 0 bridgehead atoms. The number of piperidine rings is 1. The number of halogens is 2. The molecule has 6 aromatic rings. The molecule has 3 aromatic carbocycles. The molecule has 7 rings (SSSR count). The molecule has 12 heteroatoms. The van der Waals surface area contributed by atoms with Gasteiger partial charge >= 0.3 is 0 Å². The van der Waals surface area contributed by atoms with E-state index in [-0.39, 0.29) is 28.5 Å². The second-order valence-corrected chi connectivity index (χ2v) is 13.1. The number of hydrogen-bond acceptors (Lipinski definition) is 5. The van der Waals surface area contributed by atoms with Crippen molar-refractivity contribution >= 4 is 37.6 Å². The van der Waals surface area contributed by atoms with Crippen molar-refractivity contribution in [2.75, 3.05) is 19.3 Å². The van der Waals surface area contributed by atoms with Crippen molar-refractivity contribution in [1.29, 1.82) is 0 Å². The molecule has 1 aliphatic heterocycles. The summed E-state index contributed by atoms with van der Waals surface area (Å²) in [5.74, 6) is -0.873. The van der Waals surface area contributed by atoms with Gasteiger partial charge in [-0.2, -0.15) is 0 Å². The van der Waals surface area contributed by atoms with Crippen LogP contribution in [0.3, 0.4) is 0 Å². The average Bonchev–Trinajstić information content (AvgIpc) is 3.66. The van der Waals surface area contributed by atoms with E-state index in [1.807, 2.05) is 13.0 Å². The van der Waals surface area contributed by atoms with Crippen LogP contribution < -0.4 is 4.74 Å². The highest BCUT2D eigenvalue weighted by atomic mass is 32.2. The highest BCUT2D eigenvalue weighted by molar-refractivity contribution is 7.88. The second kappa shape index (κ2) is 10.2. The number of aromatic amines is 2. The van der Waals surface area contributed by atoms with Crippen molar-refractivity contribution in [1.82, 2.24) is 23.9 Å². The van der Waals surface area contributed by atoms with E-state index in [1.54, 1.807) is 12.3 Å². The summed E-state index contributed by atoms with van der Waals surface area (Å²) in [5.41, 5.74) is 4.94.